The van der Waals surface area contributed by atoms with Crippen molar-refractivity contribution in [2.45, 2.75) is 31.9 Å². The number of rotatable bonds is 1. The van der Waals surface area contributed by atoms with Crippen molar-refractivity contribution in [3.63, 3.8) is 0 Å². The van der Waals surface area contributed by atoms with Gasteiger partial charge in [-0.15, -0.1) is 0 Å². The maximum absolute atomic E-state index is 9.90. The third kappa shape index (κ3) is 1.74. The normalized spacial score (nSPS) is 28.5. The van der Waals surface area contributed by atoms with Crippen LogP contribution >= 0.6 is 0 Å². The molecule has 0 spiro atoms. The number of fused-ring (bicyclic) bond motifs is 3. The number of benzene rings is 1. The summed E-state index contributed by atoms with van der Waals surface area (Å²) in [5.41, 5.74) is 2.28. The molecule has 1 heterocycles. The van der Waals surface area contributed by atoms with Gasteiger partial charge in [-0.3, -0.25) is 4.90 Å². The first-order valence-corrected chi connectivity index (χ1v) is 6.47. The molecule has 0 saturated carbocycles. The average Bonchev–Trinajstić information content (AvgIpc) is 2.38. The van der Waals surface area contributed by atoms with Crippen molar-refractivity contribution in [2.75, 3.05) is 19.7 Å². The molecule has 3 nitrogen and oxygen atoms in total. The van der Waals surface area contributed by atoms with Gasteiger partial charge in [0.1, 0.15) is 5.75 Å². The number of hydrogen-bond donors (Lipinski definition) is 1. The van der Waals surface area contributed by atoms with Gasteiger partial charge in [0.05, 0.1) is 12.7 Å². The van der Waals surface area contributed by atoms with E-state index in [9.17, 15) is 5.11 Å². The highest BCUT2D eigenvalue weighted by Crippen LogP contribution is 2.40. The molecule has 1 aromatic carbocycles. The number of aromatic hydroxyl groups is 1. The topological polar surface area (TPSA) is 32.7 Å². The number of ether oxygens (including phenoxy) is 1. The second-order valence-electron chi connectivity index (χ2n) is 4.87. The van der Waals surface area contributed by atoms with E-state index in [0.29, 0.717) is 11.8 Å². The number of morpholine rings is 1. The minimum atomic E-state index is 0.152. The van der Waals surface area contributed by atoms with E-state index in [1.54, 1.807) is 6.07 Å². The van der Waals surface area contributed by atoms with E-state index in [1.165, 1.54) is 5.56 Å². The molecule has 2 atom stereocenters. The average molecular weight is 233 g/mol. The summed E-state index contributed by atoms with van der Waals surface area (Å²) in [5.74, 6) is 0.429. The molecule has 1 N–H and O–H groups in total. The van der Waals surface area contributed by atoms with Crippen LogP contribution in [0.3, 0.4) is 0 Å². The van der Waals surface area contributed by atoms with E-state index in [0.717, 1.165) is 38.1 Å². The molecule has 3 heteroatoms. The van der Waals surface area contributed by atoms with E-state index < -0.39 is 0 Å². The summed E-state index contributed by atoms with van der Waals surface area (Å²) in [7, 11) is 0. The van der Waals surface area contributed by atoms with Crippen LogP contribution in [-0.4, -0.2) is 35.7 Å². The molecule has 1 saturated heterocycles. The lowest BCUT2D eigenvalue weighted by molar-refractivity contribution is -0.0786. The number of likely N-dealkylation sites (N-methyl/N-ethyl adjacent to an activating group) is 1. The summed E-state index contributed by atoms with van der Waals surface area (Å²) >= 11 is 0. The first-order chi connectivity index (χ1) is 8.31. The van der Waals surface area contributed by atoms with E-state index in [4.69, 9.17) is 4.74 Å². The van der Waals surface area contributed by atoms with Crippen molar-refractivity contribution in [3.8, 4) is 5.75 Å². The Kier molecular flexibility index (Phi) is 2.81. The maximum Gasteiger partial charge on any atom is 0.119 e. The summed E-state index contributed by atoms with van der Waals surface area (Å²) < 4.78 is 5.94. The van der Waals surface area contributed by atoms with Gasteiger partial charge in [0, 0.05) is 12.6 Å². The van der Waals surface area contributed by atoms with Crippen LogP contribution in [0.15, 0.2) is 18.2 Å². The molecular weight excluding hydrogens is 214 g/mol. The van der Waals surface area contributed by atoms with E-state index in [-0.39, 0.29) is 6.10 Å². The van der Waals surface area contributed by atoms with Gasteiger partial charge in [0.25, 0.3) is 0 Å². The zero-order valence-electron chi connectivity index (χ0n) is 10.2. The Bertz CT molecular complexity index is 419. The zero-order valence-corrected chi connectivity index (χ0v) is 10.2. The summed E-state index contributed by atoms with van der Waals surface area (Å²) in [6.45, 7) is 5.12. The monoisotopic (exact) mass is 233 g/mol. The van der Waals surface area contributed by atoms with Crippen LogP contribution in [0.5, 0.6) is 5.75 Å². The molecule has 0 amide bonds. The van der Waals surface area contributed by atoms with Gasteiger partial charge in [0.15, 0.2) is 0 Å². The number of nitrogens with zero attached hydrogens (tertiary/aromatic N) is 1. The van der Waals surface area contributed by atoms with Crippen molar-refractivity contribution in [1.82, 2.24) is 4.90 Å². The van der Waals surface area contributed by atoms with Crippen molar-refractivity contribution < 1.29 is 9.84 Å². The predicted octanol–water partition coefficient (Wildman–Crippen LogP) is 2.10. The van der Waals surface area contributed by atoms with Gasteiger partial charge in [-0.1, -0.05) is 19.1 Å². The SMILES string of the molecule is CCN1CCOC2c3cccc(O)c3CCC21. The lowest BCUT2D eigenvalue weighted by Crippen LogP contribution is -2.48. The van der Waals surface area contributed by atoms with E-state index in [1.807, 2.05) is 6.07 Å². The second-order valence-corrected chi connectivity index (χ2v) is 4.87. The van der Waals surface area contributed by atoms with Gasteiger partial charge in [0.2, 0.25) is 0 Å². The Morgan fingerprint density at radius 3 is 3.18 bits per heavy atom. The second kappa shape index (κ2) is 4.31. The van der Waals surface area contributed by atoms with Crippen LogP contribution in [0.1, 0.15) is 30.6 Å². The molecule has 0 radical (unpaired) electrons. The van der Waals surface area contributed by atoms with Crippen molar-refractivity contribution >= 4 is 0 Å². The van der Waals surface area contributed by atoms with Crippen LogP contribution in [0, 0.1) is 0 Å². The third-order valence-corrected chi connectivity index (χ3v) is 4.08. The molecule has 3 rings (SSSR count). The highest BCUT2D eigenvalue weighted by atomic mass is 16.5. The lowest BCUT2D eigenvalue weighted by atomic mass is 9.83. The Hall–Kier alpha value is -1.06. The van der Waals surface area contributed by atoms with Crippen LogP contribution in [0.25, 0.3) is 0 Å². The van der Waals surface area contributed by atoms with Crippen LogP contribution in [0.4, 0.5) is 0 Å². The first-order valence-electron chi connectivity index (χ1n) is 6.47. The van der Waals surface area contributed by atoms with Gasteiger partial charge >= 0.3 is 0 Å². The number of phenolic OH excluding ortho intramolecular Hbond substituents is 1. The molecule has 1 aromatic rings. The summed E-state index contributed by atoms with van der Waals surface area (Å²) in [5, 5.41) is 9.90. The van der Waals surface area contributed by atoms with Crippen LogP contribution in [-0.2, 0) is 11.2 Å². The molecule has 1 fully saturated rings. The lowest BCUT2D eigenvalue weighted by Gasteiger charge is -2.44. The fourth-order valence-electron chi connectivity index (χ4n) is 3.21. The molecule has 17 heavy (non-hydrogen) atoms. The molecule has 1 aliphatic carbocycles. The van der Waals surface area contributed by atoms with Crippen LogP contribution in [0.2, 0.25) is 0 Å². The fraction of sp³-hybridized carbons (Fsp3) is 0.571. The highest BCUT2D eigenvalue weighted by molar-refractivity contribution is 5.43. The molecule has 0 bridgehead atoms. The minimum absolute atomic E-state index is 0.152. The van der Waals surface area contributed by atoms with Gasteiger partial charge < -0.3 is 9.84 Å². The summed E-state index contributed by atoms with van der Waals surface area (Å²) in [6.07, 6.45) is 2.20. The van der Waals surface area contributed by atoms with E-state index >= 15 is 0 Å². The Labute approximate surface area is 102 Å². The third-order valence-electron chi connectivity index (χ3n) is 4.08. The Morgan fingerprint density at radius 2 is 2.35 bits per heavy atom. The van der Waals surface area contributed by atoms with Crippen molar-refractivity contribution in [2.24, 2.45) is 0 Å². The van der Waals surface area contributed by atoms with Gasteiger partial charge in [-0.25, -0.2) is 0 Å². The Balaban J connectivity index is 1.98. The van der Waals surface area contributed by atoms with Gasteiger partial charge in [-0.2, -0.15) is 0 Å². The zero-order chi connectivity index (χ0) is 11.8. The number of hydrogen-bond acceptors (Lipinski definition) is 3. The maximum atomic E-state index is 9.90. The molecule has 92 valence electrons. The van der Waals surface area contributed by atoms with Crippen molar-refractivity contribution in [3.05, 3.63) is 29.3 Å². The first kappa shape index (κ1) is 11.1. The molecule has 2 aliphatic rings. The minimum Gasteiger partial charge on any atom is -0.508 e. The smallest absolute Gasteiger partial charge is 0.119 e. The molecular formula is C14H19NO2. The summed E-state index contributed by atoms with van der Waals surface area (Å²) in [4.78, 5) is 2.50. The highest BCUT2D eigenvalue weighted by Gasteiger charge is 2.37. The van der Waals surface area contributed by atoms with Crippen LogP contribution < -0.4 is 0 Å². The summed E-state index contributed by atoms with van der Waals surface area (Å²) in [6, 6.07) is 6.29. The largest absolute Gasteiger partial charge is 0.508 e. The standard InChI is InChI=1S/C14H19NO2/c1-2-15-8-9-17-14-11-4-3-5-13(16)10(11)6-7-12(14)15/h3-5,12,14,16H,2,6-9H2,1H3. The predicted molar refractivity (Wildman–Crippen MR) is 66.2 cm³/mol. The molecule has 2 unspecified atom stereocenters. The molecule has 0 aromatic heterocycles. The van der Waals surface area contributed by atoms with E-state index in [2.05, 4.69) is 17.9 Å². The Morgan fingerprint density at radius 1 is 1.47 bits per heavy atom. The van der Waals surface area contributed by atoms with Gasteiger partial charge in [-0.05, 0) is 36.6 Å². The fourth-order valence-corrected chi connectivity index (χ4v) is 3.21. The molecule has 1 aliphatic heterocycles. The van der Waals surface area contributed by atoms with Crippen molar-refractivity contribution in [1.29, 1.82) is 0 Å². The number of phenols is 1. The quantitative estimate of drug-likeness (QED) is 0.806.